The number of carbonyl (C=O) groups excluding carboxylic acids is 2. The van der Waals surface area contributed by atoms with Gasteiger partial charge in [-0.3, -0.25) is 4.90 Å². The number of hydrogen-bond acceptors (Lipinski definition) is 6. The summed E-state index contributed by atoms with van der Waals surface area (Å²) in [5.74, 6) is -1.19. The van der Waals surface area contributed by atoms with Gasteiger partial charge in [-0.2, -0.15) is 0 Å². The minimum Gasteiger partial charge on any atom is -0.480 e. The molecule has 0 saturated carbocycles. The average Bonchev–Trinajstić information content (AvgIpc) is 2.51. The van der Waals surface area contributed by atoms with Crippen molar-refractivity contribution in [2.75, 3.05) is 26.2 Å². The largest absolute Gasteiger partial charge is 0.480 e. The molecule has 1 heterocycles. The van der Waals surface area contributed by atoms with Gasteiger partial charge < -0.3 is 24.8 Å². The fourth-order valence-corrected chi connectivity index (χ4v) is 2.43. The van der Waals surface area contributed by atoms with Crippen LogP contribution in [-0.2, 0) is 14.3 Å². The van der Waals surface area contributed by atoms with Crippen molar-refractivity contribution in [1.29, 1.82) is 0 Å². The van der Waals surface area contributed by atoms with Crippen LogP contribution in [0.3, 0.4) is 0 Å². The number of nitrogens with zero attached hydrogens (tertiary/aromatic N) is 2. The lowest BCUT2D eigenvalue weighted by Crippen LogP contribution is -2.60. The van der Waals surface area contributed by atoms with E-state index in [0.29, 0.717) is 6.04 Å². The number of amides is 2. The highest BCUT2D eigenvalue weighted by Gasteiger charge is 2.40. The van der Waals surface area contributed by atoms with Crippen LogP contribution in [0.25, 0.3) is 0 Å². The molecule has 0 aromatic carbocycles. The molecular weight excluding hydrogens is 378 g/mol. The maximum atomic E-state index is 12.1. The Balaban J connectivity index is 0.00000113. The number of carbonyl (C=O) groups is 3. The van der Waals surface area contributed by atoms with Crippen LogP contribution in [0.15, 0.2) is 0 Å². The van der Waals surface area contributed by atoms with E-state index < -0.39 is 35.4 Å². The number of nitrogens with one attached hydrogen (secondary N) is 1. The predicted octanol–water partition coefficient (Wildman–Crippen LogP) is 2.93. The Labute approximate surface area is 174 Å². The first kappa shape index (κ1) is 27.0. The first-order chi connectivity index (χ1) is 13.1. The Kier molecular flexibility index (Phi) is 10.4. The molecule has 0 aliphatic carbocycles. The molecule has 0 radical (unpaired) electrons. The Morgan fingerprint density at radius 2 is 1.48 bits per heavy atom. The van der Waals surface area contributed by atoms with Crippen molar-refractivity contribution in [2.45, 2.75) is 85.6 Å². The molecule has 170 valence electrons. The minimum absolute atomic E-state index is 0.0745. The van der Waals surface area contributed by atoms with Gasteiger partial charge in [0, 0.05) is 19.1 Å². The number of aliphatic carboxylic acids is 1. The Morgan fingerprint density at radius 1 is 1.00 bits per heavy atom. The zero-order valence-electron chi connectivity index (χ0n) is 19.4. The molecule has 1 fully saturated rings. The van der Waals surface area contributed by atoms with E-state index in [1.54, 1.807) is 41.5 Å². The zero-order valence-corrected chi connectivity index (χ0v) is 19.4. The fraction of sp³-hybridized carbons (Fsp3) is 0.850. The Hall–Kier alpha value is -2.03. The summed E-state index contributed by atoms with van der Waals surface area (Å²) in [5, 5.41) is 12.6. The van der Waals surface area contributed by atoms with E-state index in [0.717, 1.165) is 11.4 Å². The number of carboxylic acid groups (broad SMARTS) is 1. The highest BCUT2D eigenvalue weighted by atomic mass is 16.6. The lowest BCUT2D eigenvalue weighted by molar-refractivity contribution is -0.145. The normalized spacial score (nSPS) is 17.4. The molecule has 29 heavy (non-hydrogen) atoms. The van der Waals surface area contributed by atoms with Crippen LogP contribution in [0.1, 0.15) is 62.3 Å². The molecule has 1 saturated heterocycles. The highest BCUT2D eigenvalue weighted by Crippen LogP contribution is 2.18. The third kappa shape index (κ3) is 11.5. The first-order valence-electron chi connectivity index (χ1n) is 10.0. The van der Waals surface area contributed by atoms with Crippen LogP contribution in [0, 0.1) is 0 Å². The van der Waals surface area contributed by atoms with Crippen LogP contribution in [-0.4, -0.2) is 82.5 Å². The first-order valence-corrected chi connectivity index (χ1v) is 10.0. The standard InChI is InChI=1S/C15H26N2O6.C5H13N/c1-14(2,3)22-12(20)16-7-8-17(10(9-16)11(18)19)13(21)23-15(4,5)6;1-4-6-5(2)3/h10H,7-9H2,1-6H3,(H,18,19);5-6H,4H2,1-3H3. The number of ether oxygens (including phenoxy) is 2. The molecule has 1 rings (SSSR count). The van der Waals surface area contributed by atoms with E-state index >= 15 is 0 Å². The predicted molar refractivity (Wildman–Crippen MR) is 111 cm³/mol. The molecule has 1 unspecified atom stereocenters. The monoisotopic (exact) mass is 417 g/mol. The molecule has 0 bridgehead atoms. The number of rotatable bonds is 3. The van der Waals surface area contributed by atoms with Crippen molar-refractivity contribution in [3.05, 3.63) is 0 Å². The SMILES string of the molecule is CC(C)(C)OC(=O)N1CCN(C(=O)OC(C)(C)C)C(C(=O)O)C1.CCNC(C)C. The van der Waals surface area contributed by atoms with Crippen LogP contribution in [0.2, 0.25) is 0 Å². The number of piperazine rings is 1. The highest BCUT2D eigenvalue weighted by molar-refractivity contribution is 5.82. The van der Waals surface area contributed by atoms with Crippen LogP contribution in [0.4, 0.5) is 9.59 Å². The molecule has 1 atom stereocenters. The van der Waals surface area contributed by atoms with Crippen molar-refractivity contribution in [1.82, 2.24) is 15.1 Å². The summed E-state index contributed by atoms with van der Waals surface area (Å²) in [6.45, 7) is 17.9. The summed E-state index contributed by atoms with van der Waals surface area (Å²) < 4.78 is 10.5. The quantitative estimate of drug-likeness (QED) is 0.727. The number of hydrogen-bond donors (Lipinski definition) is 2. The average molecular weight is 418 g/mol. The summed E-state index contributed by atoms with van der Waals surface area (Å²) >= 11 is 0. The van der Waals surface area contributed by atoms with Gasteiger partial charge in [0.2, 0.25) is 0 Å². The van der Waals surface area contributed by atoms with Crippen LogP contribution in [0.5, 0.6) is 0 Å². The van der Waals surface area contributed by atoms with Gasteiger partial charge in [-0.25, -0.2) is 14.4 Å². The molecule has 9 nitrogen and oxygen atoms in total. The summed E-state index contributed by atoms with van der Waals surface area (Å²) in [7, 11) is 0. The summed E-state index contributed by atoms with van der Waals surface area (Å²) in [6, 6.07) is -0.513. The molecular formula is C20H39N3O6. The molecule has 9 heteroatoms. The topological polar surface area (TPSA) is 108 Å². The van der Waals surface area contributed by atoms with E-state index in [1.807, 2.05) is 0 Å². The summed E-state index contributed by atoms with van der Waals surface area (Å²) in [4.78, 5) is 38.1. The molecule has 1 aliphatic heterocycles. The van der Waals surface area contributed by atoms with Gasteiger partial charge in [0.05, 0.1) is 6.54 Å². The van der Waals surface area contributed by atoms with Crippen LogP contribution < -0.4 is 5.32 Å². The van der Waals surface area contributed by atoms with Crippen LogP contribution >= 0.6 is 0 Å². The Bertz CT molecular complexity index is 551. The fourth-order valence-electron chi connectivity index (χ4n) is 2.43. The second-order valence-corrected chi connectivity index (χ2v) is 9.17. The van der Waals surface area contributed by atoms with Crippen molar-refractivity contribution in [3.63, 3.8) is 0 Å². The molecule has 1 aliphatic rings. The Morgan fingerprint density at radius 3 is 1.83 bits per heavy atom. The van der Waals surface area contributed by atoms with E-state index in [-0.39, 0.29) is 19.6 Å². The van der Waals surface area contributed by atoms with E-state index in [4.69, 9.17) is 9.47 Å². The van der Waals surface area contributed by atoms with Crippen molar-refractivity contribution in [2.24, 2.45) is 0 Å². The number of carboxylic acids is 1. The van der Waals surface area contributed by atoms with Gasteiger partial charge in [-0.05, 0) is 48.1 Å². The van der Waals surface area contributed by atoms with Crippen molar-refractivity contribution in [3.8, 4) is 0 Å². The molecule has 0 aromatic rings. The second-order valence-electron chi connectivity index (χ2n) is 9.17. The summed E-state index contributed by atoms with van der Waals surface area (Å²) in [6.07, 6.45) is -1.29. The van der Waals surface area contributed by atoms with E-state index in [9.17, 15) is 19.5 Å². The lowest BCUT2D eigenvalue weighted by atomic mass is 10.1. The lowest BCUT2D eigenvalue weighted by Gasteiger charge is -2.39. The molecule has 0 aromatic heterocycles. The zero-order chi connectivity index (χ0) is 23.0. The van der Waals surface area contributed by atoms with Gasteiger partial charge in [-0.1, -0.05) is 20.8 Å². The van der Waals surface area contributed by atoms with Crippen molar-refractivity contribution >= 4 is 18.2 Å². The maximum Gasteiger partial charge on any atom is 0.411 e. The van der Waals surface area contributed by atoms with Gasteiger partial charge in [0.1, 0.15) is 11.2 Å². The van der Waals surface area contributed by atoms with E-state index in [2.05, 4.69) is 26.1 Å². The van der Waals surface area contributed by atoms with Gasteiger partial charge in [0.15, 0.2) is 6.04 Å². The second kappa shape index (κ2) is 11.2. The molecule has 0 spiro atoms. The maximum absolute atomic E-state index is 12.1. The van der Waals surface area contributed by atoms with Crippen molar-refractivity contribution < 1.29 is 29.0 Å². The smallest absolute Gasteiger partial charge is 0.411 e. The van der Waals surface area contributed by atoms with Gasteiger partial charge in [-0.15, -0.1) is 0 Å². The van der Waals surface area contributed by atoms with Gasteiger partial charge in [0.25, 0.3) is 0 Å². The summed E-state index contributed by atoms with van der Waals surface area (Å²) in [5.41, 5.74) is -1.39. The molecule has 2 N–H and O–H groups in total. The third-order valence-electron chi connectivity index (χ3n) is 3.56. The van der Waals surface area contributed by atoms with Gasteiger partial charge >= 0.3 is 18.2 Å². The third-order valence-corrected chi connectivity index (χ3v) is 3.56. The van der Waals surface area contributed by atoms with E-state index in [1.165, 1.54) is 4.90 Å². The minimum atomic E-state index is -1.19. The molecule has 2 amide bonds.